The van der Waals surface area contributed by atoms with Gasteiger partial charge in [-0.1, -0.05) is 11.6 Å². The van der Waals surface area contributed by atoms with Gasteiger partial charge in [0.1, 0.15) is 11.4 Å². The predicted molar refractivity (Wildman–Crippen MR) is 105 cm³/mol. The van der Waals surface area contributed by atoms with Crippen molar-refractivity contribution in [2.24, 2.45) is 0 Å². The molecule has 0 radical (unpaired) electrons. The number of amides is 1. The van der Waals surface area contributed by atoms with Crippen molar-refractivity contribution >= 4 is 34.6 Å². The molecule has 5 nitrogen and oxygen atoms in total. The third kappa shape index (κ3) is 4.74. The molecular formula is C20H18ClN3O2. The molecule has 0 fully saturated rings. The number of hydrogen-bond acceptors (Lipinski definition) is 4. The average Bonchev–Trinajstić information content (AvgIpc) is 2.66. The van der Waals surface area contributed by atoms with Crippen molar-refractivity contribution in [1.82, 2.24) is 4.98 Å². The van der Waals surface area contributed by atoms with E-state index in [1.807, 2.05) is 31.2 Å². The van der Waals surface area contributed by atoms with Gasteiger partial charge in [0.2, 0.25) is 0 Å². The number of anilines is 3. The van der Waals surface area contributed by atoms with Crippen LogP contribution in [0.25, 0.3) is 0 Å². The number of nitrogens with zero attached hydrogens (tertiary/aromatic N) is 1. The molecule has 0 spiro atoms. The number of halogens is 1. The minimum atomic E-state index is -0.278. The maximum atomic E-state index is 12.2. The molecule has 2 N–H and O–H groups in total. The Kier molecular flexibility index (Phi) is 5.71. The summed E-state index contributed by atoms with van der Waals surface area (Å²) in [4.78, 5) is 16.4. The zero-order chi connectivity index (χ0) is 18.4. The minimum Gasteiger partial charge on any atom is -0.494 e. The van der Waals surface area contributed by atoms with Crippen LogP contribution in [0.2, 0.25) is 5.02 Å². The first-order chi connectivity index (χ1) is 12.6. The van der Waals surface area contributed by atoms with Crippen LogP contribution in [0.1, 0.15) is 17.4 Å². The highest BCUT2D eigenvalue weighted by Crippen LogP contribution is 2.20. The highest BCUT2D eigenvalue weighted by molar-refractivity contribution is 6.30. The molecule has 0 aliphatic carbocycles. The Hall–Kier alpha value is -3.05. The number of carbonyl (C=O) groups excluding carboxylic acids is 1. The van der Waals surface area contributed by atoms with E-state index in [-0.39, 0.29) is 5.91 Å². The molecule has 0 bridgehead atoms. The maximum Gasteiger partial charge on any atom is 0.274 e. The fourth-order valence-electron chi connectivity index (χ4n) is 2.30. The van der Waals surface area contributed by atoms with Crippen molar-refractivity contribution < 1.29 is 9.53 Å². The van der Waals surface area contributed by atoms with Crippen LogP contribution in [0.5, 0.6) is 5.75 Å². The molecule has 0 unspecified atom stereocenters. The molecule has 0 aliphatic rings. The second-order valence-electron chi connectivity index (χ2n) is 5.48. The largest absolute Gasteiger partial charge is 0.494 e. The van der Waals surface area contributed by atoms with Gasteiger partial charge in [-0.15, -0.1) is 0 Å². The third-order valence-corrected chi connectivity index (χ3v) is 3.80. The molecular weight excluding hydrogens is 350 g/mol. The van der Waals surface area contributed by atoms with Crippen molar-refractivity contribution in [3.8, 4) is 5.75 Å². The number of aromatic nitrogens is 1. The molecule has 3 rings (SSSR count). The van der Waals surface area contributed by atoms with Crippen LogP contribution < -0.4 is 15.4 Å². The number of benzene rings is 2. The highest BCUT2D eigenvalue weighted by Gasteiger charge is 2.08. The summed E-state index contributed by atoms with van der Waals surface area (Å²) in [5.74, 6) is 0.547. The molecule has 26 heavy (non-hydrogen) atoms. The Balaban J connectivity index is 1.62. The van der Waals surface area contributed by atoms with Crippen molar-refractivity contribution in [2.45, 2.75) is 6.92 Å². The third-order valence-electron chi connectivity index (χ3n) is 3.55. The first-order valence-electron chi connectivity index (χ1n) is 8.17. The number of nitrogens with one attached hydrogen (secondary N) is 2. The monoisotopic (exact) mass is 367 g/mol. The summed E-state index contributed by atoms with van der Waals surface area (Å²) >= 11 is 5.83. The Bertz CT molecular complexity index is 863. The molecule has 1 heterocycles. The molecule has 6 heteroatoms. The normalized spacial score (nSPS) is 10.2. The Morgan fingerprint density at radius 1 is 0.962 bits per heavy atom. The smallest absolute Gasteiger partial charge is 0.274 e. The molecule has 132 valence electrons. The van der Waals surface area contributed by atoms with Gasteiger partial charge in [0, 0.05) is 16.4 Å². The van der Waals surface area contributed by atoms with E-state index in [9.17, 15) is 4.79 Å². The molecule has 0 atom stereocenters. The van der Waals surface area contributed by atoms with Gasteiger partial charge in [-0.3, -0.25) is 4.79 Å². The summed E-state index contributed by atoms with van der Waals surface area (Å²) in [6.45, 7) is 2.58. The van der Waals surface area contributed by atoms with Gasteiger partial charge in [-0.05, 0) is 67.6 Å². The lowest BCUT2D eigenvalue weighted by Gasteiger charge is -2.09. The van der Waals surface area contributed by atoms with E-state index >= 15 is 0 Å². The van der Waals surface area contributed by atoms with E-state index < -0.39 is 0 Å². The molecule has 1 amide bonds. The summed E-state index contributed by atoms with van der Waals surface area (Å²) < 4.78 is 5.42. The molecule has 3 aromatic rings. The van der Waals surface area contributed by atoms with Gasteiger partial charge in [0.15, 0.2) is 0 Å². The molecule has 0 aliphatic heterocycles. The van der Waals surface area contributed by atoms with Crippen molar-refractivity contribution in [2.75, 3.05) is 17.2 Å². The molecule has 1 aromatic heterocycles. The van der Waals surface area contributed by atoms with Crippen LogP contribution in [-0.4, -0.2) is 17.5 Å². The Morgan fingerprint density at radius 3 is 2.23 bits per heavy atom. The van der Waals surface area contributed by atoms with Crippen LogP contribution in [0.15, 0.2) is 66.9 Å². The second kappa shape index (κ2) is 8.36. The zero-order valence-electron chi connectivity index (χ0n) is 14.2. The SMILES string of the molecule is CCOc1ccc(Nc2ccc(C(=O)Nc3ccc(Cl)cc3)nc2)cc1. The van der Waals surface area contributed by atoms with Crippen LogP contribution >= 0.6 is 11.6 Å². The standard InChI is InChI=1S/C20H18ClN3O2/c1-2-26-18-10-7-15(8-11-18)23-17-9-12-19(22-13-17)20(25)24-16-5-3-14(21)4-6-16/h3-13,23H,2H2,1H3,(H,24,25). The fraction of sp³-hybridized carbons (Fsp3) is 0.100. The summed E-state index contributed by atoms with van der Waals surface area (Å²) in [5, 5.41) is 6.63. The second-order valence-corrected chi connectivity index (χ2v) is 5.91. The number of hydrogen-bond donors (Lipinski definition) is 2. The summed E-state index contributed by atoms with van der Waals surface area (Å²) in [5.41, 5.74) is 2.70. The lowest BCUT2D eigenvalue weighted by atomic mass is 10.2. The Labute approximate surface area is 157 Å². The van der Waals surface area contributed by atoms with Crippen molar-refractivity contribution in [3.05, 3.63) is 77.6 Å². The first kappa shape index (κ1) is 17.8. The topological polar surface area (TPSA) is 63.2 Å². The number of ether oxygens (including phenoxy) is 1. The van der Waals surface area contributed by atoms with Gasteiger partial charge in [-0.2, -0.15) is 0 Å². The zero-order valence-corrected chi connectivity index (χ0v) is 15.0. The molecule has 2 aromatic carbocycles. The number of carbonyl (C=O) groups is 1. The van der Waals surface area contributed by atoms with Crippen molar-refractivity contribution in [3.63, 3.8) is 0 Å². The van der Waals surface area contributed by atoms with Gasteiger partial charge >= 0.3 is 0 Å². The van der Waals surface area contributed by atoms with E-state index in [0.717, 1.165) is 17.1 Å². The average molecular weight is 368 g/mol. The number of rotatable bonds is 6. The lowest BCUT2D eigenvalue weighted by Crippen LogP contribution is -2.13. The number of pyridine rings is 1. The van der Waals surface area contributed by atoms with Crippen LogP contribution in [0.4, 0.5) is 17.1 Å². The van der Waals surface area contributed by atoms with Crippen LogP contribution in [0, 0.1) is 0 Å². The van der Waals surface area contributed by atoms with E-state index in [1.165, 1.54) is 0 Å². The van der Waals surface area contributed by atoms with E-state index in [2.05, 4.69) is 15.6 Å². The Morgan fingerprint density at radius 2 is 1.62 bits per heavy atom. The molecule has 0 saturated heterocycles. The van der Waals surface area contributed by atoms with Gasteiger partial charge < -0.3 is 15.4 Å². The summed E-state index contributed by atoms with van der Waals surface area (Å²) in [6, 6.07) is 18.0. The minimum absolute atomic E-state index is 0.278. The van der Waals surface area contributed by atoms with Crippen LogP contribution in [0.3, 0.4) is 0 Å². The van der Waals surface area contributed by atoms with E-state index in [1.54, 1.807) is 42.6 Å². The lowest BCUT2D eigenvalue weighted by molar-refractivity contribution is 0.102. The van der Waals surface area contributed by atoms with Crippen molar-refractivity contribution in [1.29, 1.82) is 0 Å². The first-order valence-corrected chi connectivity index (χ1v) is 8.54. The van der Waals surface area contributed by atoms with E-state index in [4.69, 9.17) is 16.3 Å². The van der Waals surface area contributed by atoms with Crippen LogP contribution in [-0.2, 0) is 0 Å². The molecule has 0 saturated carbocycles. The summed E-state index contributed by atoms with van der Waals surface area (Å²) in [7, 11) is 0. The quantitative estimate of drug-likeness (QED) is 0.634. The van der Waals surface area contributed by atoms with Gasteiger partial charge in [0.25, 0.3) is 5.91 Å². The van der Waals surface area contributed by atoms with E-state index in [0.29, 0.717) is 23.0 Å². The predicted octanol–water partition coefficient (Wildman–Crippen LogP) is 5.13. The van der Waals surface area contributed by atoms with Gasteiger partial charge in [-0.25, -0.2) is 4.98 Å². The highest BCUT2D eigenvalue weighted by atomic mass is 35.5. The maximum absolute atomic E-state index is 12.2. The summed E-state index contributed by atoms with van der Waals surface area (Å²) in [6.07, 6.45) is 1.62. The van der Waals surface area contributed by atoms with Gasteiger partial charge in [0.05, 0.1) is 18.5 Å². The fourth-order valence-corrected chi connectivity index (χ4v) is 2.42.